The third-order valence-electron chi connectivity index (χ3n) is 5.67. The fraction of sp³-hybridized carbons (Fsp3) is 0.348. The minimum atomic E-state index is -0.503. The number of hydrogen-bond donors (Lipinski definition) is 1. The summed E-state index contributed by atoms with van der Waals surface area (Å²) in [4.78, 5) is 32.7. The number of alkyl carbamates (subject to hydrolysis) is 1. The van der Waals surface area contributed by atoms with Crippen LogP contribution in [0.4, 0.5) is 10.6 Å². The smallest absolute Gasteiger partial charge is 0.407 e. The van der Waals surface area contributed by atoms with E-state index in [0.29, 0.717) is 49.1 Å². The number of anilines is 1. The second-order valence-electron chi connectivity index (χ2n) is 7.90. The Labute approximate surface area is 196 Å². The minimum absolute atomic E-state index is 0.0208. The number of nitrogens with zero attached hydrogens (tertiary/aromatic N) is 7. The molecule has 1 aliphatic rings. The largest absolute Gasteiger partial charge is 0.441 e. The Kier molecular flexibility index (Phi) is 6.34. The Morgan fingerprint density at radius 3 is 2.74 bits per heavy atom. The van der Waals surface area contributed by atoms with E-state index in [1.54, 1.807) is 12.5 Å². The molecule has 0 radical (unpaired) electrons. The molecule has 0 atom stereocenters. The molecule has 4 aromatic rings. The van der Waals surface area contributed by atoms with Crippen LogP contribution in [-0.4, -0.2) is 68.0 Å². The molecule has 3 aromatic heterocycles. The van der Waals surface area contributed by atoms with Crippen LogP contribution >= 0.6 is 0 Å². The number of carbonyl (C=O) groups excluding carboxylic acids is 1. The second-order valence-corrected chi connectivity index (χ2v) is 7.90. The maximum Gasteiger partial charge on any atom is 0.407 e. The van der Waals surface area contributed by atoms with Crippen LogP contribution in [0.25, 0.3) is 22.6 Å². The van der Waals surface area contributed by atoms with E-state index in [1.807, 2.05) is 52.7 Å². The lowest BCUT2D eigenvalue weighted by Crippen LogP contribution is -2.37. The molecule has 4 heterocycles. The van der Waals surface area contributed by atoms with E-state index in [0.717, 1.165) is 24.5 Å². The van der Waals surface area contributed by atoms with Crippen molar-refractivity contribution in [2.24, 2.45) is 7.05 Å². The summed E-state index contributed by atoms with van der Waals surface area (Å²) in [6.45, 7) is 3.78. The quantitative estimate of drug-likeness (QED) is 0.444. The zero-order valence-electron chi connectivity index (χ0n) is 18.9. The van der Waals surface area contributed by atoms with Crippen LogP contribution in [-0.2, 0) is 29.7 Å². The topological polar surface area (TPSA) is 112 Å². The molecule has 0 aliphatic carbocycles. The van der Waals surface area contributed by atoms with Gasteiger partial charge in [-0.3, -0.25) is 0 Å². The van der Waals surface area contributed by atoms with Gasteiger partial charge in [0.05, 0.1) is 19.5 Å². The number of morpholine rings is 1. The van der Waals surface area contributed by atoms with Gasteiger partial charge in [0.1, 0.15) is 5.82 Å². The number of benzene rings is 1. The summed E-state index contributed by atoms with van der Waals surface area (Å²) in [5.74, 6) is 1.98. The average Bonchev–Trinajstić information content (AvgIpc) is 3.51. The SMILES string of the molecule is Cn1c(COC(=O)NCCn2ccnc2)nc2c(N3CCOCC3)nc(-c3ccccc3)nc21. The van der Waals surface area contributed by atoms with Crippen molar-refractivity contribution in [1.29, 1.82) is 0 Å². The van der Waals surface area contributed by atoms with E-state index in [-0.39, 0.29) is 6.61 Å². The van der Waals surface area contributed by atoms with Crippen molar-refractivity contribution in [3.63, 3.8) is 0 Å². The summed E-state index contributed by atoms with van der Waals surface area (Å²) in [6, 6.07) is 9.86. The van der Waals surface area contributed by atoms with Gasteiger partial charge < -0.3 is 28.8 Å². The standard InChI is InChI=1S/C23H26N8O3/c1-29-18(15-34-23(32)25-8-10-30-9-7-24-16-30)26-19-21(29)27-20(17-5-3-2-4-6-17)28-22(19)31-11-13-33-14-12-31/h2-7,9,16H,8,10-15H2,1H3,(H,25,32). The zero-order chi connectivity index (χ0) is 23.3. The van der Waals surface area contributed by atoms with Crippen molar-refractivity contribution >= 4 is 23.1 Å². The number of rotatable bonds is 7. The molecular formula is C23H26N8O3. The van der Waals surface area contributed by atoms with Crippen LogP contribution in [0.5, 0.6) is 0 Å². The molecule has 5 rings (SSSR count). The highest BCUT2D eigenvalue weighted by Crippen LogP contribution is 2.28. The van der Waals surface area contributed by atoms with Gasteiger partial charge in [-0.2, -0.15) is 0 Å². The van der Waals surface area contributed by atoms with Crippen LogP contribution < -0.4 is 10.2 Å². The highest BCUT2D eigenvalue weighted by atomic mass is 16.5. The highest BCUT2D eigenvalue weighted by molar-refractivity contribution is 5.86. The molecule has 1 amide bonds. The first-order chi connectivity index (χ1) is 16.7. The summed E-state index contributed by atoms with van der Waals surface area (Å²) in [5, 5.41) is 2.74. The monoisotopic (exact) mass is 462 g/mol. The molecule has 1 aliphatic heterocycles. The maximum absolute atomic E-state index is 12.2. The van der Waals surface area contributed by atoms with Crippen LogP contribution in [0.2, 0.25) is 0 Å². The lowest BCUT2D eigenvalue weighted by Gasteiger charge is -2.28. The Hall–Kier alpha value is -3.99. The number of amides is 1. The number of fused-ring (bicyclic) bond motifs is 1. The molecular weight excluding hydrogens is 436 g/mol. The van der Waals surface area contributed by atoms with Gasteiger partial charge in [-0.25, -0.2) is 24.7 Å². The van der Waals surface area contributed by atoms with Crippen molar-refractivity contribution in [3.05, 3.63) is 54.9 Å². The first kappa shape index (κ1) is 21.8. The Balaban J connectivity index is 1.37. The number of ether oxygens (including phenoxy) is 2. The minimum Gasteiger partial charge on any atom is -0.441 e. The first-order valence-corrected chi connectivity index (χ1v) is 11.2. The first-order valence-electron chi connectivity index (χ1n) is 11.2. The molecule has 1 fully saturated rings. The normalized spacial score (nSPS) is 13.9. The molecule has 1 N–H and O–H groups in total. The second kappa shape index (κ2) is 9.87. The fourth-order valence-electron chi connectivity index (χ4n) is 3.82. The number of carbonyl (C=O) groups is 1. The molecule has 11 nitrogen and oxygen atoms in total. The summed E-state index contributed by atoms with van der Waals surface area (Å²) in [6.07, 6.45) is 4.73. The Morgan fingerprint density at radius 2 is 1.97 bits per heavy atom. The van der Waals surface area contributed by atoms with Crippen LogP contribution in [0.1, 0.15) is 5.82 Å². The zero-order valence-corrected chi connectivity index (χ0v) is 18.9. The van der Waals surface area contributed by atoms with Gasteiger partial charge in [-0.15, -0.1) is 0 Å². The van der Waals surface area contributed by atoms with Crippen molar-refractivity contribution in [3.8, 4) is 11.4 Å². The Bertz CT molecular complexity index is 1250. The van der Waals surface area contributed by atoms with Crippen LogP contribution in [0.3, 0.4) is 0 Å². The molecule has 0 spiro atoms. The molecule has 1 aromatic carbocycles. The van der Waals surface area contributed by atoms with E-state index in [9.17, 15) is 4.79 Å². The van der Waals surface area contributed by atoms with Crippen LogP contribution in [0, 0.1) is 0 Å². The predicted octanol–water partition coefficient (Wildman–Crippen LogP) is 1.99. The van der Waals surface area contributed by atoms with Crippen molar-refractivity contribution in [2.75, 3.05) is 37.7 Å². The van der Waals surface area contributed by atoms with Gasteiger partial charge in [0.25, 0.3) is 0 Å². The summed E-state index contributed by atoms with van der Waals surface area (Å²) in [5.41, 5.74) is 2.30. The number of hydrogen-bond acceptors (Lipinski definition) is 8. The van der Waals surface area contributed by atoms with Gasteiger partial charge >= 0.3 is 6.09 Å². The lowest BCUT2D eigenvalue weighted by atomic mass is 10.2. The van der Waals surface area contributed by atoms with E-state index in [2.05, 4.69) is 15.2 Å². The molecule has 0 bridgehead atoms. The molecule has 1 saturated heterocycles. The summed E-state index contributed by atoms with van der Waals surface area (Å²) < 4.78 is 14.7. The predicted molar refractivity (Wildman–Crippen MR) is 125 cm³/mol. The van der Waals surface area contributed by atoms with Gasteiger partial charge in [-0.1, -0.05) is 30.3 Å². The third kappa shape index (κ3) is 4.69. The summed E-state index contributed by atoms with van der Waals surface area (Å²) in [7, 11) is 1.87. The number of aromatic nitrogens is 6. The van der Waals surface area contributed by atoms with E-state index < -0.39 is 6.09 Å². The van der Waals surface area contributed by atoms with Crippen molar-refractivity contribution in [1.82, 2.24) is 34.4 Å². The van der Waals surface area contributed by atoms with Gasteiger partial charge in [0.2, 0.25) is 0 Å². The maximum atomic E-state index is 12.2. The average molecular weight is 463 g/mol. The molecule has 0 unspecified atom stereocenters. The summed E-state index contributed by atoms with van der Waals surface area (Å²) >= 11 is 0. The lowest BCUT2D eigenvalue weighted by molar-refractivity contribution is 0.122. The fourth-order valence-corrected chi connectivity index (χ4v) is 3.82. The molecule has 11 heteroatoms. The van der Waals surface area contributed by atoms with Gasteiger partial charge in [0, 0.05) is 51.2 Å². The van der Waals surface area contributed by atoms with E-state index >= 15 is 0 Å². The molecule has 0 saturated carbocycles. The van der Waals surface area contributed by atoms with Crippen molar-refractivity contribution in [2.45, 2.75) is 13.2 Å². The van der Waals surface area contributed by atoms with Crippen molar-refractivity contribution < 1.29 is 14.3 Å². The number of aryl methyl sites for hydroxylation is 1. The Morgan fingerprint density at radius 1 is 1.15 bits per heavy atom. The molecule has 34 heavy (non-hydrogen) atoms. The highest BCUT2D eigenvalue weighted by Gasteiger charge is 2.22. The number of imidazole rings is 2. The number of nitrogens with one attached hydrogen (secondary N) is 1. The van der Waals surface area contributed by atoms with Gasteiger partial charge in [0.15, 0.2) is 29.4 Å². The third-order valence-corrected chi connectivity index (χ3v) is 5.67. The van der Waals surface area contributed by atoms with E-state index in [1.165, 1.54) is 0 Å². The van der Waals surface area contributed by atoms with E-state index in [4.69, 9.17) is 24.4 Å². The van der Waals surface area contributed by atoms with Gasteiger partial charge in [-0.05, 0) is 0 Å². The molecule has 176 valence electrons. The van der Waals surface area contributed by atoms with Crippen LogP contribution in [0.15, 0.2) is 49.1 Å².